The molecule has 106 valence electrons. The minimum atomic E-state index is 0.707. The second-order valence-electron chi connectivity index (χ2n) is 6.05. The van der Waals surface area contributed by atoms with Gasteiger partial charge in [-0.1, -0.05) is 32.0 Å². The van der Waals surface area contributed by atoms with E-state index in [1.165, 1.54) is 30.2 Å². The summed E-state index contributed by atoms with van der Waals surface area (Å²) >= 11 is 0. The summed E-state index contributed by atoms with van der Waals surface area (Å²) in [5.74, 6) is 1.56. The van der Waals surface area contributed by atoms with Gasteiger partial charge in [-0.2, -0.15) is 0 Å². The van der Waals surface area contributed by atoms with Gasteiger partial charge >= 0.3 is 0 Å². The van der Waals surface area contributed by atoms with Crippen molar-refractivity contribution in [2.24, 2.45) is 11.8 Å². The molecule has 2 heteroatoms. The number of nitrogens with one attached hydrogen (secondary N) is 1. The van der Waals surface area contributed by atoms with Crippen LogP contribution in [0, 0.1) is 11.8 Å². The zero-order valence-electron chi connectivity index (χ0n) is 12.5. The smallest absolute Gasteiger partial charge is 0.0704 e. The van der Waals surface area contributed by atoms with Crippen molar-refractivity contribution in [3.63, 3.8) is 0 Å². The van der Waals surface area contributed by atoms with Gasteiger partial charge in [-0.3, -0.25) is 4.98 Å². The van der Waals surface area contributed by atoms with Crippen LogP contribution < -0.4 is 5.32 Å². The number of pyridine rings is 1. The van der Waals surface area contributed by atoms with Crippen LogP contribution in [0.25, 0.3) is 10.9 Å². The molecular weight excluding hydrogens is 244 g/mol. The molecule has 0 spiro atoms. The normalized spacial score (nSPS) is 26.2. The zero-order chi connectivity index (χ0) is 13.9. The molecule has 0 radical (unpaired) electrons. The van der Waals surface area contributed by atoms with Gasteiger partial charge in [0.25, 0.3) is 0 Å². The van der Waals surface area contributed by atoms with Crippen molar-refractivity contribution in [2.45, 2.75) is 39.2 Å². The highest BCUT2D eigenvalue weighted by Crippen LogP contribution is 2.35. The largest absolute Gasteiger partial charge is 0.314 e. The maximum atomic E-state index is 4.47. The molecule has 1 aromatic carbocycles. The van der Waals surface area contributed by atoms with Crippen molar-refractivity contribution in [1.29, 1.82) is 0 Å². The molecule has 1 aromatic heterocycles. The van der Waals surface area contributed by atoms with E-state index in [0.717, 1.165) is 23.9 Å². The first kappa shape index (κ1) is 13.6. The topological polar surface area (TPSA) is 24.9 Å². The molecule has 0 aliphatic heterocycles. The van der Waals surface area contributed by atoms with Crippen molar-refractivity contribution < 1.29 is 0 Å². The number of benzene rings is 1. The van der Waals surface area contributed by atoms with Gasteiger partial charge in [0.05, 0.1) is 5.52 Å². The molecule has 1 aliphatic rings. The number of fused-ring (bicyclic) bond motifs is 1. The Balaban J connectivity index is 1.80. The number of hydrogen-bond acceptors (Lipinski definition) is 2. The molecule has 1 fully saturated rings. The fourth-order valence-electron chi connectivity index (χ4n) is 3.70. The van der Waals surface area contributed by atoms with Crippen molar-refractivity contribution in [1.82, 2.24) is 10.3 Å². The van der Waals surface area contributed by atoms with Crippen LogP contribution in [0.1, 0.15) is 32.3 Å². The molecule has 3 unspecified atom stereocenters. The number of nitrogens with zero attached hydrogens (tertiary/aromatic N) is 1. The number of aromatic nitrogens is 1. The van der Waals surface area contributed by atoms with E-state index in [0.29, 0.717) is 6.04 Å². The lowest BCUT2D eigenvalue weighted by Crippen LogP contribution is -2.32. The Bertz CT molecular complexity index is 573. The summed E-state index contributed by atoms with van der Waals surface area (Å²) in [5, 5.41) is 4.96. The summed E-state index contributed by atoms with van der Waals surface area (Å²) in [4.78, 5) is 4.47. The average molecular weight is 268 g/mol. The summed E-state index contributed by atoms with van der Waals surface area (Å²) in [6, 6.07) is 11.4. The molecule has 1 aliphatic carbocycles. The third-order valence-electron chi connectivity index (χ3n) is 4.91. The average Bonchev–Trinajstić information content (AvgIpc) is 2.81. The van der Waals surface area contributed by atoms with Gasteiger partial charge in [0.15, 0.2) is 0 Å². The lowest BCUT2D eigenvalue weighted by atomic mass is 9.88. The molecule has 0 bridgehead atoms. The highest BCUT2D eigenvalue weighted by atomic mass is 14.9. The maximum Gasteiger partial charge on any atom is 0.0704 e. The Hall–Kier alpha value is -1.41. The Labute approximate surface area is 121 Å². The number of hydrogen-bond donors (Lipinski definition) is 1. The monoisotopic (exact) mass is 268 g/mol. The molecule has 0 amide bonds. The standard InChI is InChI=1S/C18H24N2/c1-3-19-17-9-8-14(13(17)2)12-15-10-11-20-18-7-5-4-6-16(15)18/h4-7,10-11,13-14,17,19H,3,8-9,12H2,1-2H3. The van der Waals surface area contributed by atoms with Crippen LogP contribution in [0.5, 0.6) is 0 Å². The van der Waals surface area contributed by atoms with Crippen molar-refractivity contribution in [3.8, 4) is 0 Å². The van der Waals surface area contributed by atoms with Gasteiger partial charge in [0.2, 0.25) is 0 Å². The summed E-state index contributed by atoms with van der Waals surface area (Å²) in [7, 11) is 0. The molecule has 1 saturated carbocycles. The van der Waals surface area contributed by atoms with E-state index in [1.54, 1.807) is 0 Å². The van der Waals surface area contributed by atoms with Gasteiger partial charge in [0.1, 0.15) is 0 Å². The molecule has 1 N–H and O–H groups in total. The first-order valence-corrected chi connectivity index (χ1v) is 7.85. The van der Waals surface area contributed by atoms with Crippen molar-refractivity contribution in [3.05, 3.63) is 42.1 Å². The fourth-order valence-corrected chi connectivity index (χ4v) is 3.70. The van der Waals surface area contributed by atoms with E-state index < -0.39 is 0 Å². The molecule has 1 heterocycles. The predicted molar refractivity (Wildman–Crippen MR) is 84.8 cm³/mol. The van der Waals surface area contributed by atoms with Crippen LogP contribution in [0.4, 0.5) is 0 Å². The Morgan fingerprint density at radius 1 is 1.20 bits per heavy atom. The van der Waals surface area contributed by atoms with E-state index in [1.807, 2.05) is 6.20 Å². The number of rotatable bonds is 4. The Morgan fingerprint density at radius 3 is 2.90 bits per heavy atom. The van der Waals surface area contributed by atoms with E-state index in [4.69, 9.17) is 0 Å². The molecule has 20 heavy (non-hydrogen) atoms. The van der Waals surface area contributed by atoms with Gasteiger partial charge in [0, 0.05) is 17.6 Å². The summed E-state index contributed by atoms with van der Waals surface area (Å²) in [6.45, 7) is 5.70. The van der Waals surface area contributed by atoms with Crippen molar-refractivity contribution in [2.75, 3.05) is 6.54 Å². The molecule has 3 rings (SSSR count). The summed E-state index contributed by atoms with van der Waals surface area (Å²) in [5.41, 5.74) is 2.59. The Morgan fingerprint density at radius 2 is 2.05 bits per heavy atom. The summed E-state index contributed by atoms with van der Waals surface area (Å²) < 4.78 is 0. The third kappa shape index (κ3) is 2.57. The van der Waals surface area contributed by atoms with Gasteiger partial charge < -0.3 is 5.32 Å². The van der Waals surface area contributed by atoms with Crippen LogP contribution in [0.3, 0.4) is 0 Å². The zero-order valence-corrected chi connectivity index (χ0v) is 12.5. The Kier molecular flexibility index (Phi) is 4.02. The molecule has 2 nitrogen and oxygen atoms in total. The van der Waals surface area contributed by atoms with Crippen LogP contribution in [0.15, 0.2) is 36.5 Å². The molecule has 0 saturated heterocycles. The minimum Gasteiger partial charge on any atom is -0.314 e. The van der Waals surface area contributed by atoms with Gasteiger partial charge in [-0.25, -0.2) is 0 Å². The lowest BCUT2D eigenvalue weighted by molar-refractivity contribution is 0.355. The fraction of sp³-hybridized carbons (Fsp3) is 0.500. The second kappa shape index (κ2) is 5.92. The third-order valence-corrected chi connectivity index (χ3v) is 4.91. The van der Waals surface area contributed by atoms with Gasteiger partial charge in [-0.05, 0) is 55.3 Å². The minimum absolute atomic E-state index is 0.707. The SMILES string of the molecule is CCNC1CCC(Cc2ccnc3ccccc23)C1C. The van der Waals surface area contributed by atoms with Crippen LogP contribution in [0.2, 0.25) is 0 Å². The quantitative estimate of drug-likeness (QED) is 0.912. The van der Waals surface area contributed by atoms with Crippen LogP contribution in [-0.2, 0) is 6.42 Å². The highest BCUT2D eigenvalue weighted by Gasteiger charge is 2.32. The lowest BCUT2D eigenvalue weighted by Gasteiger charge is -2.21. The first-order chi connectivity index (χ1) is 9.79. The molecule has 3 atom stereocenters. The number of para-hydroxylation sites is 1. The highest BCUT2D eigenvalue weighted by molar-refractivity contribution is 5.81. The second-order valence-corrected chi connectivity index (χ2v) is 6.05. The summed E-state index contributed by atoms with van der Waals surface area (Å²) in [6.07, 6.45) is 5.81. The van der Waals surface area contributed by atoms with Crippen LogP contribution >= 0.6 is 0 Å². The van der Waals surface area contributed by atoms with Crippen LogP contribution in [-0.4, -0.2) is 17.6 Å². The molecular formula is C18H24N2. The maximum absolute atomic E-state index is 4.47. The van der Waals surface area contributed by atoms with E-state index in [-0.39, 0.29) is 0 Å². The van der Waals surface area contributed by atoms with E-state index >= 15 is 0 Å². The first-order valence-electron chi connectivity index (χ1n) is 7.85. The van der Waals surface area contributed by atoms with E-state index in [2.05, 4.69) is 54.5 Å². The van der Waals surface area contributed by atoms with E-state index in [9.17, 15) is 0 Å². The molecule has 2 aromatic rings. The van der Waals surface area contributed by atoms with Crippen molar-refractivity contribution >= 4 is 10.9 Å². The van der Waals surface area contributed by atoms with Gasteiger partial charge in [-0.15, -0.1) is 0 Å². The predicted octanol–water partition coefficient (Wildman–Crippen LogP) is 3.80.